The normalized spacial score (nSPS) is 13.1. The first kappa shape index (κ1) is 11.0. The second-order valence-electron chi connectivity index (χ2n) is 3.70. The number of furan rings is 1. The summed E-state index contributed by atoms with van der Waals surface area (Å²) in [5.41, 5.74) is 2.57. The smallest absolute Gasteiger partial charge is 0.105 e. The number of aryl methyl sites for hydroxylation is 3. The SMILES string of the molecule is Cc1cc(C)c(C(Br)c2ccoc2C)s1. The molecule has 1 nitrogen and oxygen atoms in total. The molecule has 2 aromatic heterocycles. The Morgan fingerprint density at radius 2 is 2.07 bits per heavy atom. The predicted molar refractivity (Wildman–Crippen MR) is 68.0 cm³/mol. The van der Waals surface area contributed by atoms with Crippen molar-refractivity contribution in [1.29, 1.82) is 0 Å². The van der Waals surface area contributed by atoms with Gasteiger partial charge < -0.3 is 4.42 Å². The lowest BCUT2D eigenvalue weighted by Gasteiger charge is -2.07. The van der Waals surface area contributed by atoms with Crippen LogP contribution in [0.3, 0.4) is 0 Å². The van der Waals surface area contributed by atoms with Crippen LogP contribution in [0.5, 0.6) is 0 Å². The van der Waals surface area contributed by atoms with Gasteiger partial charge in [0.25, 0.3) is 0 Å². The minimum Gasteiger partial charge on any atom is -0.469 e. The van der Waals surface area contributed by atoms with Gasteiger partial charge in [-0.15, -0.1) is 11.3 Å². The van der Waals surface area contributed by atoms with Crippen LogP contribution in [-0.4, -0.2) is 0 Å². The van der Waals surface area contributed by atoms with E-state index in [0.717, 1.165) is 5.76 Å². The van der Waals surface area contributed by atoms with Crippen LogP contribution in [0.1, 0.15) is 31.5 Å². The fourth-order valence-electron chi connectivity index (χ4n) is 1.71. The summed E-state index contributed by atoms with van der Waals surface area (Å²) in [5.74, 6) is 0.988. The van der Waals surface area contributed by atoms with Crippen LogP contribution in [0.15, 0.2) is 22.8 Å². The molecule has 0 saturated carbocycles. The van der Waals surface area contributed by atoms with Crippen LogP contribution >= 0.6 is 27.3 Å². The average molecular weight is 285 g/mol. The average Bonchev–Trinajstić information content (AvgIpc) is 2.71. The molecule has 2 aromatic rings. The molecular weight excluding hydrogens is 272 g/mol. The van der Waals surface area contributed by atoms with Crippen LogP contribution in [0.25, 0.3) is 0 Å². The summed E-state index contributed by atoms with van der Waals surface area (Å²) < 4.78 is 5.33. The van der Waals surface area contributed by atoms with Gasteiger partial charge in [0.05, 0.1) is 11.1 Å². The van der Waals surface area contributed by atoms with Gasteiger partial charge in [-0.3, -0.25) is 0 Å². The maximum Gasteiger partial charge on any atom is 0.105 e. The number of hydrogen-bond acceptors (Lipinski definition) is 2. The first-order valence-corrected chi connectivity index (χ1v) is 6.58. The van der Waals surface area contributed by atoms with Crippen molar-refractivity contribution in [2.75, 3.05) is 0 Å². The highest BCUT2D eigenvalue weighted by atomic mass is 79.9. The highest BCUT2D eigenvalue weighted by Crippen LogP contribution is 2.39. The van der Waals surface area contributed by atoms with Gasteiger partial charge >= 0.3 is 0 Å². The van der Waals surface area contributed by atoms with E-state index >= 15 is 0 Å². The Morgan fingerprint density at radius 1 is 1.33 bits per heavy atom. The Morgan fingerprint density at radius 3 is 2.53 bits per heavy atom. The molecule has 0 aromatic carbocycles. The van der Waals surface area contributed by atoms with Crippen molar-refractivity contribution in [3.63, 3.8) is 0 Å². The minimum atomic E-state index is 0.259. The van der Waals surface area contributed by atoms with E-state index in [9.17, 15) is 0 Å². The van der Waals surface area contributed by atoms with Gasteiger partial charge in [-0.2, -0.15) is 0 Å². The highest BCUT2D eigenvalue weighted by Gasteiger charge is 2.18. The Labute approximate surface area is 102 Å². The first-order chi connectivity index (χ1) is 7.09. The third kappa shape index (κ3) is 2.04. The number of alkyl halides is 1. The summed E-state index contributed by atoms with van der Waals surface area (Å²) >= 11 is 5.58. The van der Waals surface area contributed by atoms with Gasteiger partial charge in [-0.05, 0) is 38.5 Å². The standard InChI is InChI=1S/C12H13BrOS/c1-7-6-8(2)15-12(7)11(13)10-4-5-14-9(10)3/h4-6,11H,1-3H3. The largest absolute Gasteiger partial charge is 0.469 e. The lowest BCUT2D eigenvalue weighted by molar-refractivity contribution is 0.530. The molecule has 0 spiro atoms. The van der Waals surface area contributed by atoms with E-state index in [1.165, 1.54) is 20.9 Å². The van der Waals surface area contributed by atoms with Gasteiger partial charge in [0.1, 0.15) is 5.76 Å². The van der Waals surface area contributed by atoms with Gasteiger partial charge in [0.2, 0.25) is 0 Å². The molecule has 0 aliphatic rings. The fraction of sp³-hybridized carbons (Fsp3) is 0.333. The Balaban J connectivity index is 2.40. The summed E-state index contributed by atoms with van der Waals surface area (Å²) in [6.07, 6.45) is 1.74. The molecule has 2 heterocycles. The van der Waals surface area contributed by atoms with Gasteiger partial charge in [0.15, 0.2) is 0 Å². The third-order valence-electron chi connectivity index (χ3n) is 2.48. The van der Waals surface area contributed by atoms with Crippen molar-refractivity contribution >= 4 is 27.3 Å². The Kier molecular flexibility index (Phi) is 3.03. The molecular formula is C12H13BrOS. The van der Waals surface area contributed by atoms with Crippen molar-refractivity contribution in [1.82, 2.24) is 0 Å². The van der Waals surface area contributed by atoms with E-state index in [2.05, 4.69) is 35.8 Å². The molecule has 1 unspecified atom stereocenters. The van der Waals surface area contributed by atoms with Crippen LogP contribution in [0.2, 0.25) is 0 Å². The van der Waals surface area contributed by atoms with E-state index in [1.54, 1.807) is 6.26 Å². The molecule has 0 bridgehead atoms. The molecule has 0 radical (unpaired) electrons. The molecule has 0 aliphatic heterocycles. The van der Waals surface area contributed by atoms with Crippen molar-refractivity contribution in [3.05, 3.63) is 45.0 Å². The summed E-state index contributed by atoms with van der Waals surface area (Å²) in [7, 11) is 0. The number of thiophene rings is 1. The molecule has 80 valence electrons. The molecule has 0 fully saturated rings. The highest BCUT2D eigenvalue weighted by molar-refractivity contribution is 9.09. The minimum absolute atomic E-state index is 0.259. The number of rotatable bonds is 2. The van der Waals surface area contributed by atoms with E-state index in [0.29, 0.717) is 0 Å². The lowest BCUT2D eigenvalue weighted by atomic mass is 10.1. The van der Waals surface area contributed by atoms with Gasteiger partial charge in [0, 0.05) is 15.3 Å². The molecule has 0 amide bonds. The molecule has 2 rings (SSSR count). The van der Waals surface area contributed by atoms with Gasteiger partial charge in [-0.1, -0.05) is 15.9 Å². The Hall–Kier alpha value is -0.540. The van der Waals surface area contributed by atoms with Crippen molar-refractivity contribution in [3.8, 4) is 0 Å². The van der Waals surface area contributed by atoms with Crippen LogP contribution in [0.4, 0.5) is 0 Å². The quantitative estimate of drug-likeness (QED) is 0.726. The van der Waals surface area contributed by atoms with E-state index in [-0.39, 0.29) is 4.83 Å². The summed E-state index contributed by atoms with van der Waals surface area (Å²) in [4.78, 5) is 2.99. The monoisotopic (exact) mass is 284 g/mol. The van der Waals surface area contributed by atoms with Crippen molar-refractivity contribution in [2.45, 2.75) is 25.6 Å². The number of hydrogen-bond donors (Lipinski definition) is 0. The van der Waals surface area contributed by atoms with Crippen LogP contribution in [0, 0.1) is 20.8 Å². The second-order valence-corrected chi connectivity index (χ2v) is 5.90. The zero-order valence-corrected chi connectivity index (χ0v) is 11.4. The number of halogens is 1. The predicted octanol–water partition coefficient (Wildman–Crippen LogP) is 4.75. The molecule has 1 atom stereocenters. The summed E-state index contributed by atoms with van der Waals surface area (Å²) in [6.45, 7) is 6.30. The topological polar surface area (TPSA) is 13.1 Å². The van der Waals surface area contributed by atoms with Crippen LogP contribution in [-0.2, 0) is 0 Å². The molecule has 3 heteroatoms. The fourth-order valence-corrected chi connectivity index (χ4v) is 3.86. The summed E-state index contributed by atoms with van der Waals surface area (Å²) in [5, 5.41) is 0. The van der Waals surface area contributed by atoms with Crippen molar-refractivity contribution in [2.24, 2.45) is 0 Å². The maximum atomic E-state index is 5.33. The Bertz CT molecular complexity index is 470. The maximum absolute atomic E-state index is 5.33. The van der Waals surface area contributed by atoms with E-state index in [1.807, 2.05) is 24.3 Å². The zero-order chi connectivity index (χ0) is 11.0. The molecule has 15 heavy (non-hydrogen) atoms. The van der Waals surface area contributed by atoms with Crippen molar-refractivity contribution < 1.29 is 4.42 Å². The molecule has 0 N–H and O–H groups in total. The van der Waals surface area contributed by atoms with Gasteiger partial charge in [-0.25, -0.2) is 0 Å². The van der Waals surface area contributed by atoms with E-state index < -0.39 is 0 Å². The van der Waals surface area contributed by atoms with Crippen LogP contribution < -0.4 is 0 Å². The van der Waals surface area contributed by atoms with E-state index in [4.69, 9.17) is 4.42 Å². The second kappa shape index (κ2) is 4.14. The first-order valence-electron chi connectivity index (χ1n) is 4.84. The lowest BCUT2D eigenvalue weighted by Crippen LogP contribution is -1.91. The third-order valence-corrected chi connectivity index (χ3v) is 4.95. The molecule has 0 aliphatic carbocycles. The zero-order valence-electron chi connectivity index (χ0n) is 9.00. The summed E-state index contributed by atoms with van der Waals surface area (Å²) in [6, 6.07) is 4.26. The molecule has 0 saturated heterocycles.